The Morgan fingerprint density at radius 2 is 2.17 bits per heavy atom. The molecule has 5 nitrogen and oxygen atoms in total. The van der Waals surface area contributed by atoms with E-state index in [0.717, 1.165) is 24.0 Å². The van der Waals surface area contributed by atoms with E-state index < -0.39 is 5.97 Å². The Balaban J connectivity index is 2.15. The van der Waals surface area contributed by atoms with Gasteiger partial charge in [-0.3, -0.25) is 0 Å². The molecule has 5 heteroatoms. The van der Waals surface area contributed by atoms with Crippen molar-refractivity contribution in [2.24, 2.45) is 5.92 Å². The zero-order chi connectivity index (χ0) is 17.7. The molecule has 0 aromatic heterocycles. The third-order valence-corrected chi connectivity index (χ3v) is 4.38. The maximum Gasteiger partial charge on any atom is 0.334 e. The van der Waals surface area contributed by atoms with Gasteiger partial charge in [-0.05, 0) is 37.3 Å². The van der Waals surface area contributed by atoms with Crippen LogP contribution in [0.1, 0.15) is 32.6 Å². The quantitative estimate of drug-likeness (QED) is 0.487. The molecule has 1 heterocycles. The summed E-state index contributed by atoms with van der Waals surface area (Å²) in [7, 11) is 0. The summed E-state index contributed by atoms with van der Waals surface area (Å²) in [5.74, 6) is -0.899. The Labute approximate surface area is 142 Å². The number of allylic oxidation sites excluding steroid dienone is 2. The van der Waals surface area contributed by atoms with Gasteiger partial charge in [-0.15, -0.1) is 0 Å². The zero-order valence-corrected chi connectivity index (χ0v) is 14.0. The van der Waals surface area contributed by atoms with Crippen LogP contribution in [0.4, 0.5) is 0 Å². The molecule has 1 aliphatic heterocycles. The predicted molar refractivity (Wildman–Crippen MR) is 90.0 cm³/mol. The molecule has 0 aromatic rings. The summed E-state index contributed by atoms with van der Waals surface area (Å²) in [6.45, 7) is 9.15. The summed E-state index contributed by atoms with van der Waals surface area (Å²) in [6.07, 6.45) is 6.27. The average Bonchev–Trinajstić information content (AvgIpc) is 2.82. The van der Waals surface area contributed by atoms with Gasteiger partial charge in [0.1, 0.15) is 12.7 Å². The van der Waals surface area contributed by atoms with Gasteiger partial charge >= 0.3 is 11.9 Å². The Morgan fingerprint density at radius 3 is 2.83 bits per heavy atom. The molecule has 0 aromatic carbocycles. The molecule has 0 spiro atoms. The topological polar surface area (TPSA) is 72.8 Å². The minimum Gasteiger partial charge on any atom is -0.458 e. The Hall–Kier alpha value is -2.14. The molecule has 1 N–H and O–H groups in total. The Bertz CT molecular complexity index is 611. The molecule has 0 bridgehead atoms. The van der Waals surface area contributed by atoms with E-state index in [-0.39, 0.29) is 31.2 Å². The lowest BCUT2D eigenvalue weighted by Crippen LogP contribution is -2.19. The first-order valence-electron chi connectivity index (χ1n) is 8.11. The van der Waals surface area contributed by atoms with Crippen molar-refractivity contribution in [3.63, 3.8) is 0 Å². The fraction of sp³-hybridized carbons (Fsp3) is 0.474. The highest BCUT2D eigenvalue weighted by molar-refractivity contribution is 5.90. The first-order chi connectivity index (χ1) is 11.4. The molecule has 2 atom stereocenters. The van der Waals surface area contributed by atoms with E-state index in [1.54, 1.807) is 6.92 Å². The monoisotopic (exact) mass is 332 g/mol. The van der Waals surface area contributed by atoms with Crippen LogP contribution in [0.2, 0.25) is 0 Å². The lowest BCUT2D eigenvalue weighted by Gasteiger charge is -2.19. The van der Waals surface area contributed by atoms with Gasteiger partial charge in [-0.1, -0.05) is 25.3 Å². The van der Waals surface area contributed by atoms with Crippen molar-refractivity contribution >= 4 is 11.9 Å². The lowest BCUT2D eigenvalue weighted by atomic mass is 9.87. The molecule has 2 aliphatic rings. The first-order valence-corrected chi connectivity index (χ1v) is 8.11. The van der Waals surface area contributed by atoms with Crippen LogP contribution in [0.25, 0.3) is 0 Å². The summed E-state index contributed by atoms with van der Waals surface area (Å²) in [6, 6.07) is 0. The number of esters is 2. The molecule has 0 unspecified atom stereocenters. The molecule has 0 saturated carbocycles. The molecule has 2 rings (SSSR count). The van der Waals surface area contributed by atoms with Crippen molar-refractivity contribution < 1.29 is 24.2 Å². The van der Waals surface area contributed by atoms with E-state index in [1.165, 1.54) is 0 Å². The van der Waals surface area contributed by atoms with Crippen molar-refractivity contribution in [1.82, 2.24) is 0 Å². The standard InChI is InChI=1S/C19H24O5/c1-12(2)18(21)23-11-14-5-4-6-15(10-20)9-17-16(8-7-14)13(3)19(22)24-17/h6-7,16-17,20H,1,3-5,8-11H2,2H3/b14-7+,15-6+/t16-,17+/m1/s1. The van der Waals surface area contributed by atoms with Crippen LogP contribution in [-0.2, 0) is 19.1 Å². The van der Waals surface area contributed by atoms with E-state index in [1.807, 2.05) is 12.2 Å². The van der Waals surface area contributed by atoms with Crippen molar-refractivity contribution in [2.45, 2.75) is 38.7 Å². The molecule has 130 valence electrons. The third kappa shape index (κ3) is 4.45. The molecular formula is C19H24O5. The number of hydrogen-bond acceptors (Lipinski definition) is 5. The molecule has 1 saturated heterocycles. The van der Waals surface area contributed by atoms with Gasteiger partial charge in [0.05, 0.1) is 6.61 Å². The normalized spacial score (nSPS) is 28.8. The van der Waals surface area contributed by atoms with Gasteiger partial charge in [0.15, 0.2) is 0 Å². The van der Waals surface area contributed by atoms with Gasteiger partial charge in [0.25, 0.3) is 0 Å². The van der Waals surface area contributed by atoms with Crippen molar-refractivity contribution in [1.29, 1.82) is 0 Å². The SMILES string of the molecule is C=C(C)C(=O)OC/C1=C/C[C@@H]2C(=C)C(=O)O[C@H]2C/C(CO)=C\CC1. The first kappa shape index (κ1) is 18.2. The van der Waals surface area contributed by atoms with Crippen LogP contribution >= 0.6 is 0 Å². The number of carbonyl (C=O) groups excluding carboxylic acids is 2. The number of ether oxygens (including phenoxy) is 2. The Morgan fingerprint density at radius 1 is 1.42 bits per heavy atom. The highest BCUT2D eigenvalue weighted by Gasteiger charge is 2.38. The molecule has 1 aliphatic carbocycles. The maximum absolute atomic E-state index is 11.8. The highest BCUT2D eigenvalue weighted by Crippen LogP contribution is 2.34. The van der Waals surface area contributed by atoms with Gasteiger partial charge < -0.3 is 14.6 Å². The predicted octanol–water partition coefficient (Wildman–Crippen LogP) is 2.62. The second kappa shape index (κ2) is 8.11. The van der Waals surface area contributed by atoms with Crippen LogP contribution in [0.3, 0.4) is 0 Å². The fourth-order valence-electron chi connectivity index (χ4n) is 2.89. The Kier molecular flexibility index (Phi) is 6.15. The van der Waals surface area contributed by atoms with Crippen LogP contribution < -0.4 is 0 Å². The number of aliphatic hydroxyl groups excluding tert-OH is 1. The van der Waals surface area contributed by atoms with E-state index in [0.29, 0.717) is 24.0 Å². The van der Waals surface area contributed by atoms with E-state index in [4.69, 9.17) is 9.47 Å². The fourth-order valence-corrected chi connectivity index (χ4v) is 2.89. The number of aliphatic hydroxyl groups is 1. The summed E-state index contributed by atoms with van der Waals surface area (Å²) < 4.78 is 10.6. The minimum atomic E-state index is -0.416. The zero-order valence-electron chi connectivity index (χ0n) is 14.0. The van der Waals surface area contributed by atoms with E-state index in [2.05, 4.69) is 13.2 Å². The minimum absolute atomic E-state index is 0.0586. The number of carbonyl (C=O) groups is 2. The second-order valence-corrected chi connectivity index (χ2v) is 6.29. The maximum atomic E-state index is 11.8. The molecule has 1 fully saturated rings. The summed E-state index contributed by atoms with van der Waals surface area (Å²) in [5, 5.41) is 9.50. The van der Waals surface area contributed by atoms with Crippen molar-refractivity contribution in [3.05, 3.63) is 47.6 Å². The number of rotatable bonds is 4. The lowest BCUT2D eigenvalue weighted by molar-refractivity contribution is -0.139. The number of hydrogen-bond donors (Lipinski definition) is 1. The van der Waals surface area contributed by atoms with Gasteiger partial charge in [-0.25, -0.2) is 9.59 Å². The van der Waals surface area contributed by atoms with Gasteiger partial charge in [0.2, 0.25) is 0 Å². The average molecular weight is 332 g/mol. The van der Waals surface area contributed by atoms with Crippen molar-refractivity contribution in [3.8, 4) is 0 Å². The summed E-state index contributed by atoms with van der Waals surface area (Å²) in [5.41, 5.74) is 2.66. The largest absolute Gasteiger partial charge is 0.458 e. The molecule has 0 radical (unpaired) electrons. The third-order valence-electron chi connectivity index (χ3n) is 4.38. The van der Waals surface area contributed by atoms with Crippen LogP contribution in [0.5, 0.6) is 0 Å². The van der Waals surface area contributed by atoms with Crippen molar-refractivity contribution in [2.75, 3.05) is 13.2 Å². The van der Waals surface area contributed by atoms with Gasteiger partial charge in [0, 0.05) is 23.5 Å². The summed E-state index contributed by atoms with van der Waals surface area (Å²) in [4.78, 5) is 23.4. The number of fused-ring (bicyclic) bond motifs is 1. The van der Waals surface area contributed by atoms with Crippen LogP contribution in [-0.4, -0.2) is 36.4 Å². The smallest absolute Gasteiger partial charge is 0.334 e. The molecule has 24 heavy (non-hydrogen) atoms. The highest BCUT2D eigenvalue weighted by atomic mass is 16.6. The van der Waals surface area contributed by atoms with Crippen LogP contribution in [0.15, 0.2) is 47.6 Å². The van der Waals surface area contributed by atoms with E-state index >= 15 is 0 Å². The van der Waals surface area contributed by atoms with Crippen LogP contribution in [0, 0.1) is 5.92 Å². The molecule has 0 amide bonds. The summed E-state index contributed by atoms with van der Waals surface area (Å²) >= 11 is 0. The second-order valence-electron chi connectivity index (χ2n) is 6.29. The van der Waals surface area contributed by atoms with Gasteiger partial charge in [-0.2, -0.15) is 0 Å². The molecular weight excluding hydrogens is 308 g/mol. The van der Waals surface area contributed by atoms with E-state index in [9.17, 15) is 14.7 Å².